The molecule has 174 valence electrons. The van der Waals surface area contributed by atoms with Crippen molar-refractivity contribution in [1.82, 2.24) is 4.98 Å². The van der Waals surface area contributed by atoms with Gasteiger partial charge in [-0.05, 0) is 49.4 Å². The Kier molecular flexibility index (Phi) is 6.62. The Morgan fingerprint density at radius 1 is 1.03 bits per heavy atom. The molecule has 0 atom stereocenters. The zero-order valence-electron chi connectivity index (χ0n) is 18.2. The number of benzene rings is 3. The molecule has 4 aromatic rings. The summed E-state index contributed by atoms with van der Waals surface area (Å²) in [4.78, 5) is 17.8. The minimum absolute atomic E-state index is 0.112. The maximum Gasteiger partial charge on any atom is 0.267 e. The van der Waals surface area contributed by atoms with E-state index in [2.05, 4.69) is 15.0 Å². The highest BCUT2D eigenvalue weighted by Crippen LogP contribution is 2.32. The lowest BCUT2D eigenvalue weighted by Gasteiger charge is -2.14. The third-order valence-corrected chi connectivity index (χ3v) is 7.44. The van der Waals surface area contributed by atoms with Crippen molar-refractivity contribution in [3.63, 3.8) is 0 Å². The Hall–Kier alpha value is -3.76. The van der Waals surface area contributed by atoms with Crippen molar-refractivity contribution in [3.05, 3.63) is 89.2 Å². The van der Waals surface area contributed by atoms with Gasteiger partial charge >= 0.3 is 0 Å². The van der Waals surface area contributed by atoms with Crippen molar-refractivity contribution in [3.8, 4) is 16.3 Å². The topological polar surface area (TPSA) is 97.4 Å². The molecule has 1 aromatic heterocycles. The second-order valence-corrected chi connectivity index (χ2v) is 9.91. The van der Waals surface area contributed by atoms with Crippen molar-refractivity contribution >= 4 is 38.6 Å². The Labute approximate surface area is 200 Å². The third kappa shape index (κ3) is 5.08. The van der Waals surface area contributed by atoms with Crippen LogP contribution in [0.15, 0.2) is 77.7 Å². The average molecular weight is 498 g/mol. The van der Waals surface area contributed by atoms with Gasteiger partial charge in [-0.1, -0.05) is 30.3 Å². The smallest absolute Gasteiger partial charge is 0.267 e. The maximum absolute atomic E-state index is 13.2. The summed E-state index contributed by atoms with van der Waals surface area (Å²) in [5, 5.41) is 3.51. The van der Waals surface area contributed by atoms with Gasteiger partial charge < -0.3 is 10.1 Å². The highest BCUT2D eigenvalue weighted by molar-refractivity contribution is 7.92. The second-order valence-electron chi connectivity index (χ2n) is 7.23. The first kappa shape index (κ1) is 23.4. The molecule has 0 saturated heterocycles. The van der Waals surface area contributed by atoms with Gasteiger partial charge in [-0.3, -0.25) is 9.52 Å². The summed E-state index contributed by atoms with van der Waals surface area (Å²) in [5.41, 5.74) is 1.98. The molecule has 0 unspecified atom stereocenters. The Bertz CT molecular complexity index is 1440. The fraction of sp³-hybridized carbons (Fsp3) is 0.0833. The van der Waals surface area contributed by atoms with E-state index in [1.54, 1.807) is 13.0 Å². The van der Waals surface area contributed by atoms with Crippen LogP contribution in [0.3, 0.4) is 0 Å². The van der Waals surface area contributed by atoms with Gasteiger partial charge in [0.05, 0.1) is 23.4 Å². The molecule has 0 radical (unpaired) electrons. The third-order valence-electron chi connectivity index (χ3n) is 4.85. The number of aryl methyl sites for hydroxylation is 1. The number of anilines is 2. The molecular formula is C24H20FN3O4S2. The number of carbonyl (C=O) groups is 1. The fourth-order valence-corrected chi connectivity index (χ4v) is 5.21. The molecule has 0 aliphatic heterocycles. The molecule has 3 aromatic carbocycles. The van der Waals surface area contributed by atoms with Crippen LogP contribution in [0.25, 0.3) is 10.6 Å². The molecule has 0 aliphatic rings. The normalized spacial score (nSPS) is 11.1. The lowest BCUT2D eigenvalue weighted by Crippen LogP contribution is -2.15. The second kappa shape index (κ2) is 9.62. The van der Waals surface area contributed by atoms with Gasteiger partial charge in [0.1, 0.15) is 21.5 Å². The van der Waals surface area contributed by atoms with E-state index in [1.807, 2.05) is 30.3 Å². The molecule has 2 N–H and O–H groups in total. The quantitative estimate of drug-likeness (QED) is 0.360. The molecule has 1 amide bonds. The summed E-state index contributed by atoms with van der Waals surface area (Å²) in [6, 6.07) is 18.6. The van der Waals surface area contributed by atoms with Crippen molar-refractivity contribution in [2.45, 2.75) is 11.8 Å². The fourth-order valence-electron chi connectivity index (χ4n) is 3.18. The van der Waals surface area contributed by atoms with Crippen LogP contribution in [0.2, 0.25) is 0 Å². The molecule has 1 heterocycles. The van der Waals surface area contributed by atoms with E-state index in [4.69, 9.17) is 4.74 Å². The molecule has 0 saturated carbocycles. The largest absolute Gasteiger partial charge is 0.495 e. The van der Waals surface area contributed by atoms with E-state index < -0.39 is 15.8 Å². The zero-order chi connectivity index (χ0) is 24.3. The first-order valence-electron chi connectivity index (χ1n) is 10.1. The summed E-state index contributed by atoms with van der Waals surface area (Å²) < 4.78 is 46.3. The molecule has 4 rings (SSSR count). The van der Waals surface area contributed by atoms with Gasteiger partial charge in [-0.2, -0.15) is 0 Å². The van der Waals surface area contributed by atoms with Gasteiger partial charge in [-0.15, -0.1) is 11.3 Å². The number of amides is 1. The number of aromatic nitrogens is 1. The Balaban J connectivity index is 1.58. The van der Waals surface area contributed by atoms with E-state index >= 15 is 0 Å². The number of carbonyl (C=O) groups excluding carboxylic acids is 1. The van der Waals surface area contributed by atoms with Crippen LogP contribution >= 0.6 is 11.3 Å². The van der Waals surface area contributed by atoms with Crippen LogP contribution in [0.4, 0.5) is 15.8 Å². The minimum Gasteiger partial charge on any atom is -0.495 e. The van der Waals surface area contributed by atoms with Gasteiger partial charge in [0.15, 0.2) is 0 Å². The van der Waals surface area contributed by atoms with Crippen LogP contribution < -0.4 is 14.8 Å². The summed E-state index contributed by atoms with van der Waals surface area (Å²) in [7, 11) is -2.61. The number of hydrogen-bond acceptors (Lipinski definition) is 6. The molecule has 0 bridgehead atoms. The summed E-state index contributed by atoms with van der Waals surface area (Å²) >= 11 is 1.27. The predicted molar refractivity (Wildman–Crippen MR) is 130 cm³/mol. The summed E-state index contributed by atoms with van der Waals surface area (Å²) in [5.74, 6) is -0.659. The lowest BCUT2D eigenvalue weighted by molar-refractivity contribution is 0.103. The minimum atomic E-state index is -4.01. The first-order valence-corrected chi connectivity index (χ1v) is 12.4. The molecule has 7 nitrogen and oxygen atoms in total. The number of nitrogens with zero attached hydrogens (tertiary/aromatic N) is 1. The number of ether oxygens (including phenoxy) is 1. The number of hydrogen-bond donors (Lipinski definition) is 2. The maximum atomic E-state index is 13.2. The SMILES string of the molecule is COc1ccc(NC(=O)c2sc(-c3ccccc3)nc2C)cc1NS(=O)(=O)c1ccc(F)cc1. The van der Waals surface area contributed by atoms with Gasteiger partial charge in [0.25, 0.3) is 15.9 Å². The molecule has 0 aliphatic carbocycles. The van der Waals surface area contributed by atoms with Crippen molar-refractivity contribution in [2.24, 2.45) is 0 Å². The standard InChI is InChI=1S/C24H20FN3O4S2/c1-15-22(33-24(26-15)16-6-4-3-5-7-16)23(29)27-18-10-13-21(32-2)20(14-18)28-34(30,31)19-11-8-17(25)9-12-19/h3-14,28H,1-2H3,(H,27,29). The van der Waals surface area contributed by atoms with Crippen LogP contribution in [0.1, 0.15) is 15.4 Å². The molecule has 0 fully saturated rings. The molecule has 34 heavy (non-hydrogen) atoms. The van der Waals surface area contributed by atoms with E-state index in [0.29, 0.717) is 16.3 Å². The van der Waals surface area contributed by atoms with Gasteiger partial charge in [0, 0.05) is 11.3 Å². The first-order chi connectivity index (χ1) is 16.3. The number of nitrogens with one attached hydrogen (secondary N) is 2. The van der Waals surface area contributed by atoms with Crippen molar-refractivity contribution in [1.29, 1.82) is 0 Å². The highest BCUT2D eigenvalue weighted by atomic mass is 32.2. The average Bonchev–Trinajstić information content (AvgIpc) is 3.22. The Morgan fingerprint density at radius 2 is 1.74 bits per heavy atom. The van der Waals surface area contributed by atoms with Crippen LogP contribution in [-0.2, 0) is 10.0 Å². The van der Waals surface area contributed by atoms with Crippen molar-refractivity contribution in [2.75, 3.05) is 17.1 Å². The van der Waals surface area contributed by atoms with Gasteiger partial charge in [0.2, 0.25) is 0 Å². The van der Waals surface area contributed by atoms with Crippen LogP contribution in [-0.4, -0.2) is 26.4 Å². The zero-order valence-corrected chi connectivity index (χ0v) is 19.8. The van der Waals surface area contributed by atoms with Crippen LogP contribution in [0.5, 0.6) is 5.75 Å². The number of rotatable bonds is 7. The number of methoxy groups -OCH3 is 1. The summed E-state index contributed by atoms with van der Waals surface area (Å²) in [6.07, 6.45) is 0. The molecule has 0 spiro atoms. The van der Waals surface area contributed by atoms with Crippen LogP contribution in [0, 0.1) is 12.7 Å². The monoisotopic (exact) mass is 497 g/mol. The van der Waals surface area contributed by atoms with Crippen molar-refractivity contribution < 1.29 is 22.3 Å². The predicted octanol–water partition coefficient (Wildman–Crippen LogP) is 5.32. The van der Waals surface area contributed by atoms with E-state index in [9.17, 15) is 17.6 Å². The van der Waals surface area contributed by atoms with E-state index in [1.165, 1.54) is 30.6 Å². The summed E-state index contributed by atoms with van der Waals surface area (Å²) in [6.45, 7) is 1.76. The van der Waals surface area contributed by atoms with E-state index in [-0.39, 0.29) is 22.2 Å². The van der Waals surface area contributed by atoms with Gasteiger partial charge in [-0.25, -0.2) is 17.8 Å². The van der Waals surface area contributed by atoms with E-state index in [0.717, 1.165) is 34.8 Å². The lowest BCUT2D eigenvalue weighted by atomic mass is 10.2. The highest BCUT2D eigenvalue weighted by Gasteiger charge is 2.19. The number of halogens is 1. The molecule has 10 heteroatoms. The molecular weight excluding hydrogens is 477 g/mol. The number of thiazole rings is 1. The Morgan fingerprint density at radius 3 is 2.41 bits per heavy atom. The number of sulfonamides is 1.